The van der Waals surface area contributed by atoms with Gasteiger partial charge in [-0.25, -0.2) is 0 Å². The number of hydrogen-bond donors (Lipinski definition) is 0. The van der Waals surface area contributed by atoms with Gasteiger partial charge in [-0.2, -0.15) is 0 Å². The van der Waals surface area contributed by atoms with Crippen molar-refractivity contribution in [1.29, 1.82) is 0 Å². The van der Waals surface area contributed by atoms with Gasteiger partial charge < -0.3 is 10.2 Å². The summed E-state index contributed by atoms with van der Waals surface area (Å²) in [6.45, 7) is 4.97. The van der Waals surface area contributed by atoms with Crippen LogP contribution in [-0.2, 0) is 33.5 Å². The molecule has 4 aromatic rings. The van der Waals surface area contributed by atoms with E-state index in [1.165, 1.54) is 0 Å². The summed E-state index contributed by atoms with van der Waals surface area (Å²) < 4.78 is 0. The predicted octanol–water partition coefficient (Wildman–Crippen LogP) is 5.54. The first-order valence-electron chi connectivity index (χ1n) is 11.2. The van der Waals surface area contributed by atoms with Crippen LogP contribution in [0.5, 0.6) is 11.5 Å². The molecular formula is C30H28N2O2Pd. The quantitative estimate of drug-likeness (QED) is 0.232. The summed E-state index contributed by atoms with van der Waals surface area (Å²) in [6, 6.07) is 34.0. The maximum atomic E-state index is 11.6. The molecule has 0 radical (unpaired) electrons. The third kappa shape index (κ3) is 8.98. The van der Waals surface area contributed by atoms with Gasteiger partial charge in [-0.05, 0) is 36.1 Å². The van der Waals surface area contributed by atoms with Crippen LogP contribution in [0, 0.1) is 0 Å². The third-order valence-corrected chi connectivity index (χ3v) is 5.24. The molecule has 0 amide bonds. The Bertz CT molecular complexity index is 1140. The molecule has 0 aliphatic rings. The molecule has 0 fully saturated rings. The maximum absolute atomic E-state index is 11.6. The second-order valence-corrected chi connectivity index (χ2v) is 7.77. The number of nitrogens with zero attached hydrogens (tertiary/aromatic N) is 2. The Kier molecular flexibility index (Phi) is 11.6. The van der Waals surface area contributed by atoms with E-state index in [9.17, 15) is 10.2 Å². The van der Waals surface area contributed by atoms with Gasteiger partial charge in [-0.3, -0.25) is 9.98 Å². The van der Waals surface area contributed by atoms with Crippen molar-refractivity contribution in [1.82, 2.24) is 0 Å². The molecule has 0 aromatic heterocycles. The molecule has 4 nitrogen and oxygen atoms in total. The van der Waals surface area contributed by atoms with E-state index in [1.54, 1.807) is 24.3 Å². The van der Waals surface area contributed by atoms with Crippen molar-refractivity contribution in [3.05, 3.63) is 131 Å². The first-order chi connectivity index (χ1) is 16.5. The molecule has 180 valence electrons. The van der Waals surface area contributed by atoms with Gasteiger partial charge in [0.25, 0.3) is 0 Å². The van der Waals surface area contributed by atoms with E-state index in [0.29, 0.717) is 24.2 Å². The number of rotatable bonds is 6. The zero-order valence-electron chi connectivity index (χ0n) is 19.8. The average molecular weight is 555 g/mol. The van der Waals surface area contributed by atoms with Crippen molar-refractivity contribution in [2.75, 3.05) is 0 Å². The largest absolute Gasteiger partial charge is 2.00 e. The molecule has 0 atom stereocenters. The van der Waals surface area contributed by atoms with Gasteiger partial charge >= 0.3 is 20.4 Å². The van der Waals surface area contributed by atoms with E-state index in [2.05, 4.69) is 9.98 Å². The summed E-state index contributed by atoms with van der Waals surface area (Å²) in [4.78, 5) is 8.88. The second-order valence-electron chi connectivity index (χ2n) is 7.77. The first kappa shape index (κ1) is 27.7. The van der Waals surface area contributed by atoms with Crippen LogP contribution in [0.3, 0.4) is 0 Å². The minimum atomic E-state index is 0. The van der Waals surface area contributed by atoms with Gasteiger partial charge in [0, 0.05) is 11.4 Å². The third-order valence-electron chi connectivity index (χ3n) is 5.24. The molecule has 0 saturated carbocycles. The number of hydrogen-bond acceptors (Lipinski definition) is 4. The zero-order valence-corrected chi connectivity index (χ0v) is 21.4. The van der Waals surface area contributed by atoms with Crippen molar-refractivity contribution in [2.45, 2.75) is 26.9 Å². The van der Waals surface area contributed by atoms with Crippen LogP contribution in [-0.4, -0.2) is 11.4 Å². The fourth-order valence-electron chi connectivity index (χ4n) is 3.29. The molecule has 0 aliphatic heterocycles. The van der Waals surface area contributed by atoms with E-state index in [4.69, 9.17) is 0 Å². The van der Waals surface area contributed by atoms with E-state index < -0.39 is 0 Å². The molecule has 0 heterocycles. The minimum Gasteiger partial charge on any atom is -0.872 e. The fourth-order valence-corrected chi connectivity index (χ4v) is 3.29. The van der Waals surface area contributed by atoms with Crippen molar-refractivity contribution in [3.8, 4) is 11.5 Å². The minimum absolute atomic E-state index is 0. The normalized spacial score (nSPS) is 11.1. The van der Waals surface area contributed by atoms with Gasteiger partial charge in [-0.1, -0.05) is 121 Å². The topological polar surface area (TPSA) is 70.8 Å². The Morgan fingerprint density at radius 1 is 0.514 bits per heavy atom. The van der Waals surface area contributed by atoms with Gasteiger partial charge in [0.2, 0.25) is 0 Å². The van der Waals surface area contributed by atoms with Crippen molar-refractivity contribution in [3.63, 3.8) is 0 Å². The Labute approximate surface area is 221 Å². The summed E-state index contributed by atoms with van der Waals surface area (Å²) in [7, 11) is 0. The van der Waals surface area contributed by atoms with Crippen molar-refractivity contribution >= 4 is 11.4 Å². The van der Waals surface area contributed by atoms with E-state index >= 15 is 0 Å². The summed E-state index contributed by atoms with van der Waals surface area (Å²) >= 11 is 0. The predicted molar refractivity (Wildman–Crippen MR) is 136 cm³/mol. The van der Waals surface area contributed by atoms with Gasteiger partial charge in [-0.15, -0.1) is 0 Å². The molecule has 4 rings (SSSR count). The standard InChI is InChI=1S/2C15H15NO.Pd/c2*1-12(14-9-5-6-10-15(14)17)16-11-13-7-3-2-4-8-13;/h2*2-10,17H,11H2,1H3;/q;;+2/p-2. The molecule has 35 heavy (non-hydrogen) atoms. The SMILES string of the molecule is CC(=NCc1ccccc1)c1ccccc1[O-].CC(=NCc1ccccc1)c1ccccc1[O-].[Pd+2]. The van der Waals surface area contributed by atoms with Crippen LogP contribution < -0.4 is 10.2 Å². The smallest absolute Gasteiger partial charge is 0.872 e. The molecule has 0 aliphatic carbocycles. The Balaban J connectivity index is 0.000000240. The summed E-state index contributed by atoms with van der Waals surface area (Å²) in [5.41, 5.74) is 5.25. The first-order valence-corrected chi connectivity index (χ1v) is 11.2. The summed E-state index contributed by atoms with van der Waals surface area (Å²) in [5.74, 6) is 0.0589. The maximum Gasteiger partial charge on any atom is 2.00 e. The molecule has 5 heteroatoms. The van der Waals surface area contributed by atoms with Gasteiger partial charge in [0.15, 0.2) is 0 Å². The Morgan fingerprint density at radius 2 is 0.829 bits per heavy atom. The molecule has 0 saturated heterocycles. The summed E-state index contributed by atoms with van der Waals surface area (Å²) in [6.07, 6.45) is 0. The molecule has 0 unspecified atom stereocenters. The second kappa shape index (κ2) is 14.7. The van der Waals surface area contributed by atoms with E-state index in [1.807, 2.05) is 98.8 Å². The fraction of sp³-hybridized carbons (Fsp3) is 0.133. The number of benzene rings is 4. The van der Waals surface area contributed by atoms with Crippen LogP contribution >= 0.6 is 0 Å². The zero-order chi connectivity index (χ0) is 24.2. The number of para-hydroxylation sites is 2. The Hall–Kier alpha value is -3.52. The average Bonchev–Trinajstić information content (AvgIpc) is 2.88. The van der Waals surface area contributed by atoms with Crippen LogP contribution in [0.15, 0.2) is 119 Å². The monoisotopic (exact) mass is 554 g/mol. The molecular weight excluding hydrogens is 527 g/mol. The van der Waals surface area contributed by atoms with E-state index in [-0.39, 0.29) is 31.9 Å². The van der Waals surface area contributed by atoms with E-state index in [0.717, 1.165) is 22.6 Å². The molecule has 4 aromatic carbocycles. The van der Waals surface area contributed by atoms with Crippen LogP contribution in [0.4, 0.5) is 0 Å². The Morgan fingerprint density at radius 3 is 1.17 bits per heavy atom. The number of aliphatic imine (C=N–C) groups is 2. The van der Waals surface area contributed by atoms with Crippen LogP contribution in [0.2, 0.25) is 0 Å². The molecule has 0 bridgehead atoms. The molecule has 0 spiro atoms. The van der Waals surface area contributed by atoms with Gasteiger partial charge in [0.05, 0.1) is 13.1 Å². The van der Waals surface area contributed by atoms with Crippen molar-refractivity contribution < 1.29 is 30.6 Å². The summed E-state index contributed by atoms with van der Waals surface area (Å²) in [5, 5.41) is 23.2. The molecule has 0 N–H and O–H groups in total. The van der Waals surface area contributed by atoms with Crippen LogP contribution in [0.1, 0.15) is 36.1 Å². The van der Waals surface area contributed by atoms with Crippen LogP contribution in [0.25, 0.3) is 0 Å². The van der Waals surface area contributed by atoms with Gasteiger partial charge in [0.1, 0.15) is 0 Å². The van der Waals surface area contributed by atoms with Crippen molar-refractivity contribution in [2.24, 2.45) is 9.98 Å².